The fourth-order valence-electron chi connectivity index (χ4n) is 3.31. The van der Waals surface area contributed by atoms with Crippen molar-refractivity contribution in [1.82, 2.24) is 4.31 Å². The molecule has 0 aliphatic heterocycles. The van der Waals surface area contributed by atoms with Gasteiger partial charge in [-0.3, -0.25) is 4.79 Å². The standard InChI is InChI=1S/C21H26FN3O3S/c1-15(25(19-11-12-19)14-16-7-9-17(22)10-8-16)21(26)23-18-5-4-6-20(13-18)29(27,28)24(2)3/h4-10,13,15,19H,11-12,14H2,1-3H3,(H,23,26)/p+1/t15-/m0/s1. The first kappa shape index (κ1) is 21.4. The number of rotatable bonds is 8. The van der Waals surface area contributed by atoms with Crippen LogP contribution in [0.4, 0.5) is 10.1 Å². The maximum absolute atomic E-state index is 13.2. The highest BCUT2D eigenvalue weighted by Gasteiger charge is 2.39. The van der Waals surface area contributed by atoms with Crippen LogP contribution in [0, 0.1) is 5.82 Å². The van der Waals surface area contributed by atoms with Crippen molar-refractivity contribution in [3.05, 3.63) is 59.9 Å². The van der Waals surface area contributed by atoms with Gasteiger partial charge in [-0.15, -0.1) is 0 Å². The van der Waals surface area contributed by atoms with Crippen LogP contribution in [0.1, 0.15) is 25.3 Å². The Hall–Kier alpha value is -2.29. The highest BCUT2D eigenvalue weighted by atomic mass is 32.2. The lowest BCUT2D eigenvalue weighted by atomic mass is 10.1. The van der Waals surface area contributed by atoms with Crippen LogP contribution in [0.5, 0.6) is 0 Å². The lowest BCUT2D eigenvalue weighted by Crippen LogP contribution is -3.16. The molecule has 0 spiro atoms. The molecule has 6 nitrogen and oxygen atoms in total. The first-order chi connectivity index (χ1) is 13.7. The minimum absolute atomic E-state index is 0.130. The predicted octanol–water partition coefficient (Wildman–Crippen LogP) is 1.65. The van der Waals surface area contributed by atoms with Gasteiger partial charge in [-0.2, -0.15) is 0 Å². The summed E-state index contributed by atoms with van der Waals surface area (Å²) in [7, 11) is -0.639. The smallest absolute Gasteiger partial charge is 0.282 e. The summed E-state index contributed by atoms with van der Waals surface area (Å²) in [6, 6.07) is 12.7. The van der Waals surface area contributed by atoms with Gasteiger partial charge in [-0.25, -0.2) is 17.1 Å². The summed E-state index contributed by atoms with van der Waals surface area (Å²) in [4.78, 5) is 14.1. The molecule has 1 saturated carbocycles. The Morgan fingerprint density at radius 3 is 2.45 bits per heavy atom. The second-order valence-electron chi connectivity index (χ2n) is 7.68. The zero-order valence-electron chi connectivity index (χ0n) is 16.9. The predicted molar refractivity (Wildman–Crippen MR) is 109 cm³/mol. The summed E-state index contributed by atoms with van der Waals surface area (Å²) < 4.78 is 38.9. The van der Waals surface area contributed by atoms with Crippen LogP contribution in [0.25, 0.3) is 0 Å². The van der Waals surface area contributed by atoms with E-state index in [0.29, 0.717) is 18.3 Å². The monoisotopic (exact) mass is 420 g/mol. The molecule has 29 heavy (non-hydrogen) atoms. The summed E-state index contributed by atoms with van der Waals surface area (Å²) in [5, 5.41) is 2.85. The Kier molecular flexibility index (Phi) is 6.36. The summed E-state index contributed by atoms with van der Waals surface area (Å²) in [5.41, 5.74) is 1.42. The summed E-state index contributed by atoms with van der Waals surface area (Å²) in [5.74, 6) is -0.450. The van der Waals surface area contributed by atoms with Crippen molar-refractivity contribution in [2.75, 3.05) is 19.4 Å². The van der Waals surface area contributed by atoms with Crippen LogP contribution in [0.3, 0.4) is 0 Å². The van der Waals surface area contributed by atoms with Crippen molar-refractivity contribution in [1.29, 1.82) is 0 Å². The minimum atomic E-state index is -3.57. The van der Waals surface area contributed by atoms with Crippen LogP contribution in [-0.2, 0) is 21.4 Å². The number of hydrogen-bond donors (Lipinski definition) is 2. The molecule has 0 saturated heterocycles. The van der Waals surface area contributed by atoms with Gasteiger partial charge >= 0.3 is 0 Å². The van der Waals surface area contributed by atoms with Crippen molar-refractivity contribution >= 4 is 21.6 Å². The third-order valence-electron chi connectivity index (χ3n) is 5.25. The van der Waals surface area contributed by atoms with Gasteiger partial charge in [-0.1, -0.05) is 18.2 Å². The number of nitrogens with one attached hydrogen (secondary N) is 2. The van der Waals surface area contributed by atoms with Gasteiger partial charge < -0.3 is 10.2 Å². The van der Waals surface area contributed by atoms with Gasteiger partial charge in [0.05, 0.1) is 10.9 Å². The number of carbonyl (C=O) groups is 1. The molecule has 1 aliphatic carbocycles. The number of anilines is 1. The first-order valence-electron chi connectivity index (χ1n) is 9.62. The average molecular weight is 421 g/mol. The van der Waals surface area contributed by atoms with Crippen molar-refractivity contribution in [3.63, 3.8) is 0 Å². The van der Waals surface area contributed by atoms with E-state index in [1.54, 1.807) is 24.3 Å². The molecule has 1 amide bonds. The molecule has 1 fully saturated rings. The van der Waals surface area contributed by atoms with E-state index in [1.807, 2.05) is 6.92 Å². The first-order valence-corrected chi connectivity index (χ1v) is 11.1. The molecule has 2 atom stereocenters. The number of hydrogen-bond acceptors (Lipinski definition) is 3. The summed E-state index contributed by atoms with van der Waals surface area (Å²) in [6.45, 7) is 2.50. The highest BCUT2D eigenvalue weighted by Crippen LogP contribution is 2.19. The van der Waals surface area contributed by atoms with Crippen LogP contribution < -0.4 is 10.2 Å². The second kappa shape index (κ2) is 8.61. The van der Waals surface area contributed by atoms with Crippen LogP contribution in [0.15, 0.2) is 53.4 Å². The van der Waals surface area contributed by atoms with Crippen molar-refractivity contribution in [3.8, 4) is 0 Å². The highest BCUT2D eigenvalue weighted by molar-refractivity contribution is 7.89. The molecule has 0 radical (unpaired) electrons. The second-order valence-corrected chi connectivity index (χ2v) is 9.83. The Bertz CT molecular complexity index is 973. The van der Waals surface area contributed by atoms with E-state index < -0.39 is 10.0 Å². The average Bonchev–Trinajstić information content (AvgIpc) is 3.52. The SMILES string of the molecule is C[C@@H](C(=O)Nc1cccc(S(=O)(=O)N(C)C)c1)[NH+](Cc1ccc(F)cc1)C1CC1. The third-order valence-corrected chi connectivity index (χ3v) is 7.06. The lowest BCUT2D eigenvalue weighted by molar-refractivity contribution is -0.938. The normalized spacial score (nSPS) is 16.4. The fourth-order valence-corrected chi connectivity index (χ4v) is 4.26. The van der Waals surface area contributed by atoms with Gasteiger partial charge in [0.1, 0.15) is 12.4 Å². The molecule has 0 aromatic heterocycles. The van der Waals surface area contributed by atoms with Gasteiger partial charge in [0.2, 0.25) is 10.0 Å². The van der Waals surface area contributed by atoms with Gasteiger partial charge in [0.15, 0.2) is 6.04 Å². The van der Waals surface area contributed by atoms with Crippen molar-refractivity contribution in [2.24, 2.45) is 0 Å². The van der Waals surface area contributed by atoms with E-state index in [0.717, 1.165) is 27.6 Å². The Morgan fingerprint density at radius 1 is 1.21 bits per heavy atom. The molecule has 0 bridgehead atoms. The Labute approximate surface area is 171 Å². The number of nitrogens with zero attached hydrogens (tertiary/aromatic N) is 1. The Balaban J connectivity index is 1.73. The molecule has 3 rings (SSSR count). The fraction of sp³-hybridized carbons (Fsp3) is 0.381. The molecule has 1 aliphatic rings. The quantitative estimate of drug-likeness (QED) is 0.682. The zero-order chi connectivity index (χ0) is 21.2. The molecular weight excluding hydrogens is 393 g/mol. The third kappa shape index (κ3) is 5.20. The van der Waals surface area contributed by atoms with Gasteiger partial charge in [0.25, 0.3) is 5.91 Å². The molecule has 2 aromatic rings. The Morgan fingerprint density at radius 2 is 1.86 bits per heavy atom. The minimum Gasteiger partial charge on any atom is -0.321 e. The molecule has 0 heterocycles. The van der Waals surface area contributed by atoms with E-state index >= 15 is 0 Å². The van der Waals surface area contributed by atoms with Crippen LogP contribution in [0.2, 0.25) is 0 Å². The number of amides is 1. The summed E-state index contributed by atoms with van der Waals surface area (Å²) >= 11 is 0. The van der Waals surface area contributed by atoms with Crippen molar-refractivity contribution < 1.29 is 22.5 Å². The van der Waals surface area contributed by atoms with E-state index in [4.69, 9.17) is 0 Å². The van der Waals surface area contributed by atoms with E-state index in [1.165, 1.54) is 38.4 Å². The lowest BCUT2D eigenvalue weighted by Gasteiger charge is -2.25. The maximum Gasteiger partial charge on any atom is 0.282 e. The number of quaternary nitrogens is 1. The largest absolute Gasteiger partial charge is 0.321 e. The maximum atomic E-state index is 13.2. The number of benzene rings is 2. The van der Waals surface area contributed by atoms with Crippen LogP contribution >= 0.6 is 0 Å². The molecule has 156 valence electrons. The topological polar surface area (TPSA) is 70.9 Å². The van der Waals surface area contributed by atoms with Gasteiger partial charge in [0, 0.05) is 38.2 Å². The van der Waals surface area contributed by atoms with Crippen LogP contribution in [-0.4, -0.2) is 44.8 Å². The number of carbonyl (C=O) groups excluding carboxylic acids is 1. The molecular formula is C21H27FN3O3S+. The molecule has 1 unspecified atom stereocenters. The molecule has 2 N–H and O–H groups in total. The van der Waals surface area contributed by atoms with Crippen molar-refractivity contribution in [2.45, 2.75) is 43.3 Å². The van der Waals surface area contributed by atoms with E-state index in [9.17, 15) is 17.6 Å². The van der Waals surface area contributed by atoms with E-state index in [2.05, 4.69) is 5.32 Å². The number of halogens is 1. The zero-order valence-corrected chi connectivity index (χ0v) is 17.7. The molecule has 8 heteroatoms. The van der Waals surface area contributed by atoms with E-state index in [-0.39, 0.29) is 22.7 Å². The number of sulfonamides is 1. The summed E-state index contributed by atoms with van der Waals surface area (Å²) in [6.07, 6.45) is 2.12. The molecule has 2 aromatic carbocycles. The van der Waals surface area contributed by atoms with Gasteiger partial charge in [-0.05, 0) is 37.3 Å².